The van der Waals surface area contributed by atoms with E-state index >= 15 is 0 Å². The molecule has 1 aromatic heterocycles. The van der Waals surface area contributed by atoms with Gasteiger partial charge < -0.3 is 15.6 Å². The number of aromatic nitrogens is 3. The zero-order valence-corrected chi connectivity index (χ0v) is 11.4. The van der Waals surface area contributed by atoms with Gasteiger partial charge in [-0.15, -0.1) is 5.10 Å². The molecule has 0 saturated heterocycles. The second-order valence-electron chi connectivity index (χ2n) is 4.32. The van der Waals surface area contributed by atoms with E-state index in [0.717, 1.165) is 0 Å². The van der Waals surface area contributed by atoms with Gasteiger partial charge in [-0.25, -0.2) is 13.9 Å². The summed E-state index contributed by atoms with van der Waals surface area (Å²) in [6.07, 6.45) is 0.292. The van der Waals surface area contributed by atoms with E-state index in [1.165, 1.54) is 17.9 Å². The fraction of sp³-hybridized carbons (Fsp3) is 0.308. The number of aromatic carboxylic acids is 1. The van der Waals surface area contributed by atoms with Crippen molar-refractivity contribution >= 4 is 5.97 Å². The van der Waals surface area contributed by atoms with Gasteiger partial charge in [0.05, 0.1) is 19.3 Å². The van der Waals surface area contributed by atoms with Crippen LogP contribution in [0.1, 0.15) is 21.7 Å². The zero-order chi connectivity index (χ0) is 15.4. The van der Waals surface area contributed by atoms with Crippen LogP contribution in [0, 0.1) is 5.82 Å². The maximum atomic E-state index is 14.1. The molecule has 0 saturated carbocycles. The Kier molecular flexibility index (Phi) is 4.49. The number of hydrogen-bond donors (Lipinski definition) is 2. The molecule has 2 rings (SSSR count). The van der Waals surface area contributed by atoms with Crippen molar-refractivity contribution in [3.8, 4) is 5.75 Å². The number of carbonyl (C=O) groups is 1. The first-order valence-corrected chi connectivity index (χ1v) is 6.25. The highest BCUT2D eigenvalue weighted by atomic mass is 19.1. The fourth-order valence-electron chi connectivity index (χ4n) is 2.01. The summed E-state index contributed by atoms with van der Waals surface area (Å²) in [5, 5.41) is 16.4. The first-order chi connectivity index (χ1) is 10.1. The number of hydrogen-bond acceptors (Lipinski definition) is 5. The molecule has 2 aromatic rings. The van der Waals surface area contributed by atoms with Gasteiger partial charge in [-0.1, -0.05) is 17.3 Å². The number of nitrogens with zero attached hydrogens (tertiary/aromatic N) is 3. The van der Waals surface area contributed by atoms with Crippen LogP contribution < -0.4 is 10.5 Å². The van der Waals surface area contributed by atoms with E-state index < -0.39 is 11.8 Å². The van der Waals surface area contributed by atoms with E-state index in [4.69, 9.17) is 15.6 Å². The molecule has 0 radical (unpaired) electrons. The van der Waals surface area contributed by atoms with E-state index in [-0.39, 0.29) is 24.5 Å². The van der Waals surface area contributed by atoms with Gasteiger partial charge in [0.1, 0.15) is 0 Å². The first kappa shape index (κ1) is 14.9. The highest BCUT2D eigenvalue weighted by Gasteiger charge is 2.19. The Morgan fingerprint density at radius 3 is 2.90 bits per heavy atom. The number of nitrogens with two attached hydrogens (primary N) is 1. The molecule has 112 valence electrons. The number of halogens is 1. The molecular formula is C13H15FN4O3. The highest BCUT2D eigenvalue weighted by Crippen LogP contribution is 2.21. The molecule has 0 bridgehead atoms. The molecule has 7 nitrogen and oxygen atoms in total. The Labute approximate surface area is 120 Å². The lowest BCUT2D eigenvalue weighted by atomic mass is 10.2. The zero-order valence-electron chi connectivity index (χ0n) is 11.4. The van der Waals surface area contributed by atoms with Crippen LogP contribution in [0.3, 0.4) is 0 Å². The average Bonchev–Trinajstić information content (AvgIpc) is 2.85. The third-order valence-corrected chi connectivity index (χ3v) is 3.00. The lowest BCUT2D eigenvalue weighted by Crippen LogP contribution is -2.14. The van der Waals surface area contributed by atoms with Crippen molar-refractivity contribution in [3.05, 3.63) is 41.0 Å². The molecule has 0 unspecified atom stereocenters. The summed E-state index contributed by atoms with van der Waals surface area (Å²) in [6.45, 7) is 0.299. The van der Waals surface area contributed by atoms with Crippen molar-refractivity contribution in [2.45, 2.75) is 13.0 Å². The summed E-state index contributed by atoms with van der Waals surface area (Å²) in [7, 11) is 1.38. The minimum absolute atomic E-state index is 0.0542. The van der Waals surface area contributed by atoms with Gasteiger partial charge in [0, 0.05) is 12.0 Å². The average molecular weight is 294 g/mol. The number of benzene rings is 1. The largest absolute Gasteiger partial charge is 0.494 e. The summed E-state index contributed by atoms with van der Waals surface area (Å²) in [5.74, 6) is -1.58. The van der Waals surface area contributed by atoms with Crippen LogP contribution in [0.2, 0.25) is 0 Å². The van der Waals surface area contributed by atoms with Crippen LogP contribution in [0.15, 0.2) is 18.2 Å². The molecule has 1 heterocycles. The van der Waals surface area contributed by atoms with Crippen LogP contribution in [-0.2, 0) is 13.0 Å². The Morgan fingerprint density at radius 1 is 1.52 bits per heavy atom. The predicted molar refractivity (Wildman–Crippen MR) is 71.8 cm³/mol. The summed E-state index contributed by atoms with van der Waals surface area (Å²) < 4.78 is 20.4. The van der Waals surface area contributed by atoms with Crippen LogP contribution in [0.5, 0.6) is 5.75 Å². The molecule has 8 heteroatoms. The molecule has 0 aliphatic carbocycles. The standard InChI is InChI=1S/C13H15FN4O3/c1-21-10-4-2-3-8(11(10)14)7-18-9(5-6-15)12(13(19)20)16-17-18/h2-4H,5-7,15H2,1H3,(H,19,20). The van der Waals surface area contributed by atoms with Crippen molar-refractivity contribution in [2.75, 3.05) is 13.7 Å². The van der Waals surface area contributed by atoms with Gasteiger partial charge >= 0.3 is 5.97 Å². The van der Waals surface area contributed by atoms with Gasteiger partial charge in [0.25, 0.3) is 0 Å². The Morgan fingerprint density at radius 2 is 2.29 bits per heavy atom. The second kappa shape index (κ2) is 6.31. The summed E-state index contributed by atoms with van der Waals surface area (Å²) >= 11 is 0. The van der Waals surface area contributed by atoms with Crippen molar-refractivity contribution in [1.82, 2.24) is 15.0 Å². The molecule has 0 spiro atoms. The lowest BCUT2D eigenvalue weighted by molar-refractivity contribution is 0.0689. The maximum absolute atomic E-state index is 14.1. The van der Waals surface area contributed by atoms with Crippen LogP contribution in [0.4, 0.5) is 4.39 Å². The number of methoxy groups -OCH3 is 1. The molecule has 0 atom stereocenters. The smallest absolute Gasteiger partial charge is 0.358 e. The monoisotopic (exact) mass is 294 g/mol. The van der Waals surface area contributed by atoms with E-state index in [1.54, 1.807) is 12.1 Å². The topological polar surface area (TPSA) is 103 Å². The van der Waals surface area contributed by atoms with Gasteiger partial charge in [0.15, 0.2) is 17.3 Å². The summed E-state index contributed by atoms with van der Waals surface area (Å²) in [5.41, 5.74) is 6.00. The molecule has 21 heavy (non-hydrogen) atoms. The molecule has 0 amide bonds. The first-order valence-electron chi connectivity index (χ1n) is 6.25. The van der Waals surface area contributed by atoms with Crippen molar-refractivity contribution < 1.29 is 19.0 Å². The van der Waals surface area contributed by atoms with E-state index in [9.17, 15) is 9.18 Å². The van der Waals surface area contributed by atoms with Gasteiger partial charge in [-0.2, -0.15) is 0 Å². The number of ether oxygens (including phenoxy) is 1. The predicted octanol–water partition coefficient (Wildman–Crippen LogP) is 0.673. The van der Waals surface area contributed by atoms with E-state index in [0.29, 0.717) is 17.7 Å². The molecular weight excluding hydrogens is 279 g/mol. The minimum atomic E-state index is -1.18. The second-order valence-corrected chi connectivity index (χ2v) is 4.32. The van der Waals surface area contributed by atoms with Crippen LogP contribution in [0.25, 0.3) is 0 Å². The minimum Gasteiger partial charge on any atom is -0.494 e. The Balaban J connectivity index is 2.38. The van der Waals surface area contributed by atoms with Crippen molar-refractivity contribution in [3.63, 3.8) is 0 Å². The molecule has 3 N–H and O–H groups in total. The van der Waals surface area contributed by atoms with Gasteiger partial charge in [-0.3, -0.25) is 0 Å². The van der Waals surface area contributed by atoms with Gasteiger partial charge in [0.2, 0.25) is 0 Å². The normalized spacial score (nSPS) is 10.6. The SMILES string of the molecule is COc1cccc(Cn2nnc(C(=O)O)c2CCN)c1F. The van der Waals surface area contributed by atoms with Crippen LogP contribution in [-0.4, -0.2) is 39.7 Å². The van der Waals surface area contributed by atoms with Gasteiger partial charge in [-0.05, 0) is 12.6 Å². The molecule has 0 aliphatic heterocycles. The lowest BCUT2D eigenvalue weighted by Gasteiger charge is -2.09. The summed E-state index contributed by atoms with van der Waals surface area (Å²) in [6, 6.07) is 4.73. The molecule has 0 fully saturated rings. The van der Waals surface area contributed by atoms with E-state index in [1.807, 2.05) is 0 Å². The van der Waals surface area contributed by atoms with Crippen molar-refractivity contribution in [1.29, 1.82) is 0 Å². The maximum Gasteiger partial charge on any atom is 0.358 e. The third kappa shape index (κ3) is 3.00. The van der Waals surface area contributed by atoms with Crippen LogP contribution >= 0.6 is 0 Å². The molecule has 1 aromatic carbocycles. The number of carboxylic acids is 1. The highest BCUT2D eigenvalue weighted by molar-refractivity contribution is 5.86. The van der Waals surface area contributed by atoms with E-state index in [2.05, 4.69) is 10.3 Å². The van der Waals surface area contributed by atoms with Crippen molar-refractivity contribution in [2.24, 2.45) is 5.73 Å². The Bertz CT molecular complexity index is 657. The third-order valence-electron chi connectivity index (χ3n) is 3.00. The number of rotatable bonds is 6. The molecule has 0 aliphatic rings. The number of carboxylic acid groups (broad SMARTS) is 1. The summed E-state index contributed by atoms with van der Waals surface area (Å²) in [4.78, 5) is 11.1. The Hall–Kier alpha value is -2.48. The quantitative estimate of drug-likeness (QED) is 0.811. The fourth-order valence-corrected chi connectivity index (χ4v) is 2.01.